The molecule has 1 unspecified atom stereocenters. The number of amides is 1. The first-order chi connectivity index (χ1) is 7.49. The van der Waals surface area contributed by atoms with Crippen LogP contribution >= 0.6 is 0 Å². The fourth-order valence-corrected chi connectivity index (χ4v) is 1.53. The van der Waals surface area contributed by atoms with Crippen molar-refractivity contribution in [2.75, 3.05) is 6.54 Å². The summed E-state index contributed by atoms with van der Waals surface area (Å²) in [4.78, 5) is 11.5. The molecule has 0 saturated heterocycles. The maximum atomic E-state index is 11.5. The first-order valence-electron chi connectivity index (χ1n) is 6.23. The Balaban J connectivity index is 3.78. The highest BCUT2D eigenvalue weighted by Gasteiger charge is 2.18. The third-order valence-corrected chi connectivity index (χ3v) is 2.38. The van der Waals surface area contributed by atoms with Gasteiger partial charge in [-0.05, 0) is 32.1 Å². The highest BCUT2D eigenvalue weighted by molar-refractivity contribution is 5.75. The Morgan fingerprint density at radius 2 is 1.82 bits per heavy atom. The maximum Gasteiger partial charge on any atom is 0.220 e. The average molecular weight is 244 g/mol. The molecule has 0 spiro atoms. The molecule has 0 saturated carbocycles. The van der Waals surface area contributed by atoms with Crippen LogP contribution in [0.5, 0.6) is 0 Å². The topological polar surface area (TPSA) is 75.3 Å². The molecule has 0 aromatic rings. The van der Waals surface area contributed by atoms with Gasteiger partial charge in [0.1, 0.15) is 0 Å². The molecule has 1 atom stereocenters. The van der Waals surface area contributed by atoms with Gasteiger partial charge in [0.25, 0.3) is 0 Å². The number of aliphatic hydroxyl groups excluding tert-OH is 1. The number of nitrogens with two attached hydrogens (primary N) is 1. The van der Waals surface area contributed by atoms with E-state index >= 15 is 0 Å². The summed E-state index contributed by atoms with van der Waals surface area (Å²) in [7, 11) is 0. The van der Waals surface area contributed by atoms with Crippen molar-refractivity contribution in [3.05, 3.63) is 0 Å². The first-order valence-corrected chi connectivity index (χ1v) is 6.23. The van der Waals surface area contributed by atoms with Gasteiger partial charge in [-0.15, -0.1) is 0 Å². The van der Waals surface area contributed by atoms with Gasteiger partial charge in [-0.2, -0.15) is 0 Å². The molecule has 4 N–H and O–H groups in total. The predicted molar refractivity (Wildman–Crippen MR) is 70.6 cm³/mol. The Bertz CT molecular complexity index is 239. The molecule has 102 valence electrons. The number of carbonyl (C=O) groups excluding carboxylic acids is 1. The summed E-state index contributed by atoms with van der Waals surface area (Å²) in [5.41, 5.74) is 5.55. The van der Waals surface area contributed by atoms with Crippen LogP contribution in [0.1, 0.15) is 53.9 Å². The third-order valence-electron chi connectivity index (χ3n) is 2.38. The van der Waals surface area contributed by atoms with Gasteiger partial charge in [0.05, 0.1) is 6.10 Å². The van der Waals surface area contributed by atoms with Crippen LogP contribution in [0.25, 0.3) is 0 Å². The standard InChI is InChI=1S/C13H28N2O2/c1-12(2,3)8-10(16)9-15-11(17)6-7-13(4,5)14/h10,16H,6-9,14H2,1-5H3,(H,15,17). The van der Waals surface area contributed by atoms with Crippen molar-refractivity contribution >= 4 is 5.91 Å². The van der Waals surface area contributed by atoms with Crippen LogP contribution in [0.3, 0.4) is 0 Å². The summed E-state index contributed by atoms with van der Waals surface area (Å²) < 4.78 is 0. The van der Waals surface area contributed by atoms with Crippen molar-refractivity contribution in [2.45, 2.75) is 65.5 Å². The lowest BCUT2D eigenvalue weighted by Gasteiger charge is -2.23. The molecule has 4 nitrogen and oxygen atoms in total. The van der Waals surface area contributed by atoms with Gasteiger partial charge in [-0.1, -0.05) is 20.8 Å². The van der Waals surface area contributed by atoms with Gasteiger partial charge in [-0.25, -0.2) is 0 Å². The molecule has 0 rings (SSSR count). The Morgan fingerprint density at radius 3 is 2.24 bits per heavy atom. The molecule has 0 bridgehead atoms. The van der Waals surface area contributed by atoms with E-state index < -0.39 is 6.10 Å². The van der Waals surface area contributed by atoms with E-state index in [1.165, 1.54) is 0 Å². The molecular formula is C13H28N2O2. The van der Waals surface area contributed by atoms with E-state index in [9.17, 15) is 9.90 Å². The van der Waals surface area contributed by atoms with Gasteiger partial charge >= 0.3 is 0 Å². The molecule has 1 amide bonds. The van der Waals surface area contributed by atoms with Crippen molar-refractivity contribution in [2.24, 2.45) is 11.1 Å². The number of nitrogens with one attached hydrogen (secondary N) is 1. The summed E-state index contributed by atoms with van der Waals surface area (Å²) in [6.07, 6.45) is 1.25. The van der Waals surface area contributed by atoms with Crippen LogP contribution in [0.4, 0.5) is 0 Å². The van der Waals surface area contributed by atoms with Gasteiger partial charge in [-0.3, -0.25) is 4.79 Å². The second kappa shape index (κ2) is 6.36. The lowest BCUT2D eigenvalue weighted by Crippen LogP contribution is -2.37. The molecule has 0 aliphatic carbocycles. The summed E-state index contributed by atoms with van der Waals surface area (Å²) >= 11 is 0. The van der Waals surface area contributed by atoms with Gasteiger partial charge in [0.15, 0.2) is 0 Å². The highest BCUT2D eigenvalue weighted by Crippen LogP contribution is 2.20. The number of aliphatic hydroxyl groups is 1. The zero-order valence-corrected chi connectivity index (χ0v) is 11.8. The predicted octanol–water partition coefficient (Wildman–Crippen LogP) is 1.42. The van der Waals surface area contributed by atoms with E-state index in [0.29, 0.717) is 25.8 Å². The molecule has 0 aromatic carbocycles. The second-order valence-electron chi connectivity index (χ2n) is 6.71. The second-order valence-corrected chi connectivity index (χ2v) is 6.71. The lowest BCUT2D eigenvalue weighted by molar-refractivity contribution is -0.122. The molecule has 0 aliphatic rings. The molecule has 4 heteroatoms. The van der Waals surface area contributed by atoms with E-state index in [1.807, 2.05) is 13.8 Å². The molecule has 0 aromatic heterocycles. The molecule has 17 heavy (non-hydrogen) atoms. The largest absolute Gasteiger partial charge is 0.391 e. The summed E-state index contributed by atoms with van der Waals surface area (Å²) in [6, 6.07) is 0. The lowest BCUT2D eigenvalue weighted by atomic mass is 9.89. The molecular weight excluding hydrogens is 216 g/mol. The van der Waals surface area contributed by atoms with E-state index in [0.717, 1.165) is 0 Å². The van der Waals surface area contributed by atoms with Crippen LogP contribution in [0, 0.1) is 5.41 Å². The quantitative estimate of drug-likeness (QED) is 0.661. The Hall–Kier alpha value is -0.610. The fourth-order valence-electron chi connectivity index (χ4n) is 1.53. The molecule has 0 radical (unpaired) electrons. The minimum atomic E-state index is -0.482. The van der Waals surface area contributed by atoms with Gasteiger partial charge in [0.2, 0.25) is 5.91 Å². The van der Waals surface area contributed by atoms with E-state index in [-0.39, 0.29) is 16.9 Å². The number of hydrogen-bond acceptors (Lipinski definition) is 3. The van der Waals surface area contributed by atoms with Gasteiger partial charge < -0.3 is 16.2 Å². The van der Waals surface area contributed by atoms with Gasteiger partial charge in [0, 0.05) is 18.5 Å². The normalized spacial score (nSPS) is 14.5. The summed E-state index contributed by atoms with van der Waals surface area (Å²) in [5, 5.41) is 12.5. The Labute approximate surface area is 105 Å². The van der Waals surface area contributed by atoms with Crippen molar-refractivity contribution in [3.8, 4) is 0 Å². The van der Waals surface area contributed by atoms with Crippen molar-refractivity contribution in [1.82, 2.24) is 5.32 Å². The average Bonchev–Trinajstić information content (AvgIpc) is 2.07. The smallest absolute Gasteiger partial charge is 0.220 e. The molecule has 0 aliphatic heterocycles. The summed E-state index contributed by atoms with van der Waals surface area (Å²) in [5.74, 6) is -0.0449. The Kier molecular flexibility index (Phi) is 6.13. The van der Waals surface area contributed by atoms with E-state index in [2.05, 4.69) is 26.1 Å². The van der Waals surface area contributed by atoms with Crippen LogP contribution in [0.2, 0.25) is 0 Å². The number of hydrogen-bond donors (Lipinski definition) is 3. The van der Waals surface area contributed by atoms with Crippen LogP contribution < -0.4 is 11.1 Å². The monoisotopic (exact) mass is 244 g/mol. The minimum Gasteiger partial charge on any atom is -0.391 e. The SMILES string of the molecule is CC(C)(C)CC(O)CNC(=O)CCC(C)(C)N. The first kappa shape index (κ1) is 16.4. The zero-order valence-electron chi connectivity index (χ0n) is 11.8. The highest BCUT2D eigenvalue weighted by atomic mass is 16.3. The van der Waals surface area contributed by atoms with Crippen molar-refractivity contribution in [3.63, 3.8) is 0 Å². The van der Waals surface area contributed by atoms with E-state index in [4.69, 9.17) is 5.73 Å². The number of carbonyl (C=O) groups is 1. The zero-order chi connectivity index (χ0) is 13.7. The summed E-state index contributed by atoms with van der Waals surface area (Å²) in [6.45, 7) is 10.3. The minimum absolute atomic E-state index is 0.0449. The van der Waals surface area contributed by atoms with Crippen molar-refractivity contribution < 1.29 is 9.90 Å². The number of rotatable bonds is 6. The molecule has 0 heterocycles. The fraction of sp³-hybridized carbons (Fsp3) is 0.923. The van der Waals surface area contributed by atoms with Crippen molar-refractivity contribution in [1.29, 1.82) is 0 Å². The maximum absolute atomic E-state index is 11.5. The van der Waals surface area contributed by atoms with Crippen LogP contribution in [0.15, 0.2) is 0 Å². The van der Waals surface area contributed by atoms with Crippen LogP contribution in [-0.2, 0) is 4.79 Å². The Morgan fingerprint density at radius 1 is 1.29 bits per heavy atom. The third kappa shape index (κ3) is 11.6. The van der Waals surface area contributed by atoms with Crippen LogP contribution in [-0.4, -0.2) is 29.2 Å². The molecule has 0 fully saturated rings. The van der Waals surface area contributed by atoms with E-state index in [1.54, 1.807) is 0 Å².